The molecule has 10 heteroatoms. The molecular formula is C18H15F3N2O3S2. The maximum atomic E-state index is 12.8. The Morgan fingerprint density at radius 3 is 2.68 bits per heavy atom. The molecule has 28 heavy (non-hydrogen) atoms. The van der Waals surface area contributed by atoms with E-state index in [0.717, 1.165) is 22.9 Å². The van der Waals surface area contributed by atoms with Crippen LogP contribution in [0, 0.1) is 0 Å². The van der Waals surface area contributed by atoms with Crippen molar-refractivity contribution in [3.8, 4) is 5.88 Å². The molecule has 2 aromatic rings. The van der Waals surface area contributed by atoms with Crippen LogP contribution in [0.5, 0.6) is 5.88 Å². The Morgan fingerprint density at radius 1 is 1.21 bits per heavy atom. The first-order chi connectivity index (χ1) is 13.2. The van der Waals surface area contributed by atoms with E-state index in [0.29, 0.717) is 30.5 Å². The molecule has 1 unspecified atom stereocenters. The summed E-state index contributed by atoms with van der Waals surface area (Å²) < 4.78 is 65.7. The average Bonchev–Trinajstić information content (AvgIpc) is 2.98. The van der Waals surface area contributed by atoms with Crippen molar-refractivity contribution in [2.45, 2.75) is 35.3 Å². The molecule has 0 saturated heterocycles. The van der Waals surface area contributed by atoms with E-state index in [9.17, 15) is 21.6 Å². The van der Waals surface area contributed by atoms with Crippen LogP contribution in [0.2, 0.25) is 0 Å². The molecule has 2 aliphatic rings. The van der Waals surface area contributed by atoms with E-state index in [2.05, 4.69) is 20.2 Å². The van der Waals surface area contributed by atoms with Gasteiger partial charge in [-0.1, -0.05) is 48.2 Å². The Kier molecular flexibility index (Phi) is 4.46. The highest BCUT2D eigenvalue weighted by molar-refractivity contribution is 7.98. The number of thioether (sulfide) groups is 1. The van der Waals surface area contributed by atoms with Crippen LogP contribution in [0.3, 0.4) is 0 Å². The molecule has 0 aliphatic heterocycles. The van der Waals surface area contributed by atoms with E-state index in [1.54, 1.807) is 6.26 Å². The highest BCUT2D eigenvalue weighted by Crippen LogP contribution is 2.46. The van der Waals surface area contributed by atoms with Gasteiger partial charge in [-0.3, -0.25) is 0 Å². The van der Waals surface area contributed by atoms with Gasteiger partial charge in [-0.15, -0.1) is 0 Å². The summed E-state index contributed by atoms with van der Waals surface area (Å²) in [6, 6.07) is 7.93. The van der Waals surface area contributed by atoms with Crippen LogP contribution in [0.15, 0.2) is 35.5 Å². The topological polar surface area (TPSA) is 69.2 Å². The summed E-state index contributed by atoms with van der Waals surface area (Å²) >= 11 is 1.11. The van der Waals surface area contributed by atoms with Gasteiger partial charge >= 0.3 is 15.6 Å². The SMILES string of the molecule is CSc1nc2c(c(OS(=O)(=O)C(F)(F)F)n1)CCC1(C=Cc3ccccc31)C2. The van der Waals surface area contributed by atoms with Gasteiger partial charge in [0, 0.05) is 17.4 Å². The fraction of sp³-hybridized carbons (Fsp3) is 0.333. The summed E-state index contributed by atoms with van der Waals surface area (Å²) in [5.41, 5.74) is -2.77. The summed E-state index contributed by atoms with van der Waals surface area (Å²) in [6.07, 6.45) is 7.13. The van der Waals surface area contributed by atoms with E-state index < -0.39 is 21.5 Å². The lowest BCUT2D eigenvalue weighted by atomic mass is 9.70. The van der Waals surface area contributed by atoms with Gasteiger partial charge in [0.2, 0.25) is 5.88 Å². The van der Waals surface area contributed by atoms with Crippen LogP contribution in [-0.4, -0.2) is 30.1 Å². The fourth-order valence-electron chi connectivity index (χ4n) is 3.74. The van der Waals surface area contributed by atoms with Crippen LogP contribution >= 0.6 is 11.8 Å². The molecule has 1 aromatic heterocycles. The standard InChI is InChI=1S/C18H15F3N2O3S2/c1-27-16-22-14-10-17(8-6-11-4-2-3-5-13(11)17)9-7-12(14)15(23-16)26-28(24,25)18(19,20)21/h2-6,8H,7,9-10H2,1H3. The molecule has 0 fully saturated rings. The fourth-order valence-corrected chi connectivity index (χ4v) is 4.55. The lowest BCUT2D eigenvalue weighted by Crippen LogP contribution is -2.33. The molecule has 148 valence electrons. The molecule has 2 aliphatic carbocycles. The first-order valence-corrected chi connectivity index (χ1v) is 11.0. The van der Waals surface area contributed by atoms with E-state index in [1.165, 1.54) is 0 Å². The highest BCUT2D eigenvalue weighted by Gasteiger charge is 2.50. The smallest absolute Gasteiger partial charge is 0.355 e. The molecule has 1 heterocycles. The van der Waals surface area contributed by atoms with Crippen LogP contribution < -0.4 is 4.18 Å². The second kappa shape index (κ2) is 6.48. The van der Waals surface area contributed by atoms with Gasteiger partial charge < -0.3 is 4.18 Å². The second-order valence-corrected chi connectivity index (χ2v) is 8.99. The molecule has 5 nitrogen and oxygen atoms in total. The number of aromatic nitrogens is 2. The normalized spacial score (nSPS) is 20.9. The number of hydrogen-bond donors (Lipinski definition) is 0. The Labute approximate surface area is 164 Å². The van der Waals surface area contributed by atoms with Gasteiger partial charge in [0.25, 0.3) is 0 Å². The summed E-state index contributed by atoms with van der Waals surface area (Å²) in [4.78, 5) is 8.33. The molecule has 0 N–H and O–H groups in total. The Morgan fingerprint density at radius 2 is 1.96 bits per heavy atom. The average molecular weight is 428 g/mol. The molecule has 1 spiro atoms. The van der Waals surface area contributed by atoms with Gasteiger partial charge in [-0.25, -0.2) is 4.98 Å². The van der Waals surface area contributed by atoms with Crippen molar-refractivity contribution in [2.75, 3.05) is 6.26 Å². The van der Waals surface area contributed by atoms with Crippen molar-refractivity contribution in [1.29, 1.82) is 0 Å². The van der Waals surface area contributed by atoms with Crippen molar-refractivity contribution in [3.05, 3.63) is 52.7 Å². The molecule has 0 amide bonds. The van der Waals surface area contributed by atoms with Crippen LogP contribution in [0.25, 0.3) is 6.08 Å². The summed E-state index contributed by atoms with van der Waals surface area (Å²) in [5.74, 6) is -0.531. The van der Waals surface area contributed by atoms with Crippen molar-refractivity contribution < 1.29 is 25.8 Å². The van der Waals surface area contributed by atoms with E-state index in [1.807, 2.05) is 30.3 Å². The zero-order valence-electron chi connectivity index (χ0n) is 14.7. The zero-order chi connectivity index (χ0) is 20.2. The number of nitrogens with zero attached hydrogens (tertiary/aromatic N) is 2. The third-order valence-corrected chi connectivity index (χ3v) is 6.56. The lowest BCUT2D eigenvalue weighted by molar-refractivity contribution is -0.0502. The molecule has 0 saturated carbocycles. The third-order valence-electron chi connectivity index (χ3n) is 5.07. The van der Waals surface area contributed by atoms with Gasteiger partial charge in [-0.2, -0.15) is 26.6 Å². The minimum absolute atomic E-state index is 0.165. The van der Waals surface area contributed by atoms with Crippen molar-refractivity contribution in [3.63, 3.8) is 0 Å². The molecule has 0 bridgehead atoms. The van der Waals surface area contributed by atoms with Crippen LogP contribution in [0.1, 0.15) is 28.8 Å². The lowest BCUT2D eigenvalue weighted by Gasteiger charge is -2.34. The second-order valence-electron chi connectivity index (χ2n) is 6.68. The van der Waals surface area contributed by atoms with E-state index >= 15 is 0 Å². The van der Waals surface area contributed by atoms with Gasteiger partial charge in [-0.05, 0) is 30.2 Å². The number of fused-ring (bicyclic) bond motifs is 3. The monoisotopic (exact) mass is 428 g/mol. The number of rotatable bonds is 3. The number of alkyl halides is 3. The minimum Gasteiger partial charge on any atom is -0.355 e. The minimum atomic E-state index is -5.80. The molecular weight excluding hydrogens is 413 g/mol. The quantitative estimate of drug-likeness (QED) is 0.320. The molecule has 1 aromatic carbocycles. The summed E-state index contributed by atoms with van der Waals surface area (Å²) in [6.45, 7) is 0. The third kappa shape index (κ3) is 3.08. The predicted molar refractivity (Wildman–Crippen MR) is 98.6 cm³/mol. The number of hydrogen-bond acceptors (Lipinski definition) is 6. The van der Waals surface area contributed by atoms with Gasteiger partial charge in [0.15, 0.2) is 5.16 Å². The first-order valence-electron chi connectivity index (χ1n) is 8.38. The van der Waals surface area contributed by atoms with Crippen LogP contribution in [-0.2, 0) is 28.4 Å². The van der Waals surface area contributed by atoms with Gasteiger partial charge in [0.1, 0.15) is 0 Å². The maximum absolute atomic E-state index is 12.8. The van der Waals surface area contributed by atoms with E-state index in [-0.39, 0.29) is 10.6 Å². The number of halogens is 3. The molecule has 1 atom stereocenters. The number of allylic oxidation sites excluding steroid dienone is 1. The highest BCUT2D eigenvalue weighted by atomic mass is 32.2. The summed E-state index contributed by atoms with van der Waals surface area (Å²) in [5, 5.41) is 0.165. The maximum Gasteiger partial charge on any atom is 0.534 e. The number of benzene rings is 1. The van der Waals surface area contributed by atoms with Crippen LogP contribution in [0.4, 0.5) is 13.2 Å². The summed E-state index contributed by atoms with van der Waals surface area (Å²) in [7, 11) is -5.80. The largest absolute Gasteiger partial charge is 0.534 e. The Bertz CT molecular complexity index is 1080. The molecule has 0 radical (unpaired) electrons. The Balaban J connectivity index is 1.77. The predicted octanol–water partition coefficient (Wildman–Crippen LogP) is 3.88. The molecule has 4 rings (SSSR count). The van der Waals surface area contributed by atoms with Crippen molar-refractivity contribution in [1.82, 2.24) is 9.97 Å². The van der Waals surface area contributed by atoms with Crippen molar-refractivity contribution >= 4 is 28.0 Å². The zero-order valence-corrected chi connectivity index (χ0v) is 16.3. The van der Waals surface area contributed by atoms with Gasteiger partial charge in [0.05, 0.1) is 5.69 Å². The van der Waals surface area contributed by atoms with Crippen molar-refractivity contribution in [2.24, 2.45) is 0 Å². The first kappa shape index (κ1) is 19.3. The van der Waals surface area contributed by atoms with E-state index in [4.69, 9.17) is 0 Å². The Hall–Kier alpha value is -2.07.